The first-order valence-corrected chi connectivity index (χ1v) is 15.0. The Bertz CT molecular complexity index is 1870. The van der Waals surface area contributed by atoms with Crippen molar-refractivity contribution >= 4 is 16.8 Å². The molecule has 0 amide bonds. The molecule has 0 aromatic heterocycles. The molecule has 0 fully saturated rings. The molecule has 0 saturated carbocycles. The Balaban J connectivity index is 1.54. The van der Waals surface area contributed by atoms with Crippen LogP contribution in [0, 0.1) is 13.8 Å². The Morgan fingerprint density at radius 3 is 1.98 bits per heavy atom. The summed E-state index contributed by atoms with van der Waals surface area (Å²) in [6, 6.07) is 29.3. The first-order chi connectivity index (χ1) is 21.3. The van der Waals surface area contributed by atoms with Gasteiger partial charge in [0.2, 0.25) is 0 Å². The molecule has 0 radical (unpaired) electrons. The molecule has 222 valence electrons. The first kappa shape index (κ1) is 28.2. The van der Waals surface area contributed by atoms with E-state index in [0.29, 0.717) is 0 Å². The van der Waals surface area contributed by atoms with Crippen LogP contribution in [0.4, 0.5) is 0 Å². The molecule has 5 heteroatoms. The molecule has 44 heavy (non-hydrogen) atoms. The van der Waals surface area contributed by atoms with Crippen molar-refractivity contribution in [2.75, 3.05) is 27.4 Å². The molecule has 0 saturated heterocycles. The predicted molar refractivity (Wildman–Crippen MR) is 175 cm³/mol. The van der Waals surface area contributed by atoms with Gasteiger partial charge in [0.25, 0.3) is 0 Å². The summed E-state index contributed by atoms with van der Waals surface area (Å²) < 4.78 is 25.0. The number of benzene rings is 5. The number of hydrogen-bond donors (Lipinski definition) is 1. The van der Waals surface area contributed by atoms with Crippen molar-refractivity contribution < 1.29 is 24.1 Å². The van der Waals surface area contributed by atoms with E-state index in [2.05, 4.69) is 93.6 Å². The molecule has 1 unspecified atom stereocenters. The van der Waals surface area contributed by atoms with Crippen LogP contribution in [0.25, 0.3) is 28.0 Å². The van der Waals surface area contributed by atoms with Gasteiger partial charge in [-0.2, -0.15) is 0 Å². The lowest BCUT2D eigenvalue weighted by Gasteiger charge is -2.39. The smallest absolute Gasteiger partial charge is 0.178 e. The molecular weight excluding hydrogens is 548 g/mol. The summed E-state index contributed by atoms with van der Waals surface area (Å²) in [5.41, 5.74) is 8.03. The van der Waals surface area contributed by atoms with Crippen molar-refractivity contribution in [1.82, 2.24) is 0 Å². The van der Waals surface area contributed by atoms with E-state index in [1.807, 2.05) is 24.3 Å². The highest BCUT2D eigenvalue weighted by Crippen LogP contribution is 2.58. The Morgan fingerprint density at radius 2 is 1.36 bits per heavy atom. The molecule has 5 nitrogen and oxygen atoms in total. The van der Waals surface area contributed by atoms with Crippen LogP contribution in [0.5, 0.6) is 17.2 Å². The van der Waals surface area contributed by atoms with Gasteiger partial charge < -0.3 is 24.1 Å². The van der Waals surface area contributed by atoms with Gasteiger partial charge in [-0.1, -0.05) is 71.8 Å². The third-order valence-corrected chi connectivity index (χ3v) is 9.16. The van der Waals surface area contributed by atoms with E-state index in [4.69, 9.17) is 18.9 Å². The summed E-state index contributed by atoms with van der Waals surface area (Å²) >= 11 is 0. The fourth-order valence-electron chi connectivity index (χ4n) is 6.99. The second kappa shape index (κ2) is 10.5. The summed E-state index contributed by atoms with van der Waals surface area (Å²) in [7, 11) is 3.35. The van der Waals surface area contributed by atoms with E-state index in [1.165, 1.54) is 0 Å². The van der Waals surface area contributed by atoms with Crippen molar-refractivity contribution in [3.63, 3.8) is 0 Å². The van der Waals surface area contributed by atoms with Gasteiger partial charge in [0.15, 0.2) is 5.60 Å². The second-order valence-electron chi connectivity index (χ2n) is 11.8. The molecule has 0 bridgehead atoms. The average molecular weight is 585 g/mol. The molecule has 1 aliphatic heterocycles. The lowest BCUT2D eigenvalue weighted by atomic mass is 9.80. The maximum Gasteiger partial charge on any atom is 0.178 e. The highest BCUT2D eigenvalue weighted by atomic mass is 16.5. The Morgan fingerprint density at radius 1 is 0.750 bits per heavy atom. The molecule has 1 aliphatic carbocycles. The summed E-state index contributed by atoms with van der Waals surface area (Å²) in [4.78, 5) is 0. The number of aryl methyl sites for hydroxylation is 2. The third-order valence-electron chi connectivity index (χ3n) is 9.16. The number of methoxy groups -OCH3 is 2. The van der Waals surface area contributed by atoms with Gasteiger partial charge >= 0.3 is 0 Å². The molecule has 1 heterocycles. The Labute approximate surface area is 258 Å². The van der Waals surface area contributed by atoms with Gasteiger partial charge in [-0.25, -0.2) is 0 Å². The van der Waals surface area contributed by atoms with Crippen LogP contribution in [0.15, 0.2) is 91.0 Å². The molecule has 0 spiro atoms. The van der Waals surface area contributed by atoms with Gasteiger partial charge in [-0.15, -0.1) is 0 Å². The van der Waals surface area contributed by atoms with Crippen molar-refractivity contribution in [3.05, 3.63) is 130 Å². The summed E-state index contributed by atoms with van der Waals surface area (Å²) in [6.07, 6.45) is 4.36. The number of aliphatic hydroxyl groups is 1. The van der Waals surface area contributed by atoms with E-state index in [-0.39, 0.29) is 13.2 Å². The lowest BCUT2D eigenvalue weighted by Crippen LogP contribution is -2.35. The third kappa shape index (κ3) is 4.15. The fourth-order valence-corrected chi connectivity index (χ4v) is 6.99. The number of ether oxygens (including phenoxy) is 4. The van der Waals surface area contributed by atoms with E-state index in [0.717, 1.165) is 78.1 Å². The van der Waals surface area contributed by atoms with Crippen molar-refractivity contribution in [3.8, 4) is 28.4 Å². The maximum atomic E-state index is 9.85. The second-order valence-corrected chi connectivity index (χ2v) is 11.8. The predicted octanol–water partition coefficient (Wildman–Crippen LogP) is 8.08. The fraction of sp³-hybridized carbons (Fsp3) is 0.231. The zero-order valence-corrected chi connectivity index (χ0v) is 25.7. The number of hydrogen-bond acceptors (Lipinski definition) is 5. The van der Waals surface area contributed by atoms with Gasteiger partial charge in [-0.3, -0.25) is 0 Å². The van der Waals surface area contributed by atoms with E-state index in [9.17, 15) is 5.11 Å². The van der Waals surface area contributed by atoms with Crippen LogP contribution < -0.4 is 14.2 Å². The van der Waals surface area contributed by atoms with Crippen molar-refractivity contribution in [2.24, 2.45) is 0 Å². The molecule has 1 atom stereocenters. The highest BCUT2D eigenvalue weighted by Gasteiger charge is 2.47. The minimum absolute atomic E-state index is 0.0641. The molecule has 5 aromatic rings. The minimum Gasteiger partial charge on any atom is -0.497 e. The number of fused-ring (bicyclic) bond motifs is 8. The lowest BCUT2D eigenvalue weighted by molar-refractivity contribution is -0.0188. The Hall–Kier alpha value is -4.58. The maximum absolute atomic E-state index is 9.85. The van der Waals surface area contributed by atoms with Crippen molar-refractivity contribution in [1.29, 1.82) is 0 Å². The number of rotatable bonds is 7. The van der Waals surface area contributed by atoms with Crippen LogP contribution in [-0.4, -0.2) is 32.5 Å². The standard InChI is InChI=1S/C39H36O5/c1-24-6-16-30-33(22-24)37-32(36-35(30)31-17-7-25(2)23-34(31)38(36,3)43-21-20-40)18-19-39(44-37,26-8-12-28(41-4)13-9-26)27-10-14-29(42-5)15-11-27/h6-19,22-23,40H,20-21H2,1-5H3. The quantitative estimate of drug-likeness (QED) is 0.210. The van der Waals surface area contributed by atoms with Crippen LogP contribution in [0.1, 0.15) is 45.9 Å². The van der Waals surface area contributed by atoms with Crippen LogP contribution in [-0.2, 0) is 15.9 Å². The molecule has 7 rings (SSSR count). The normalized spacial score (nSPS) is 17.5. The monoisotopic (exact) mass is 584 g/mol. The van der Waals surface area contributed by atoms with Crippen LogP contribution in [0.2, 0.25) is 0 Å². The van der Waals surface area contributed by atoms with Crippen LogP contribution in [0.3, 0.4) is 0 Å². The summed E-state index contributed by atoms with van der Waals surface area (Å²) in [5, 5.41) is 12.0. The first-order valence-electron chi connectivity index (χ1n) is 15.0. The van der Waals surface area contributed by atoms with Gasteiger partial charge in [0.05, 0.1) is 27.4 Å². The van der Waals surface area contributed by atoms with E-state index >= 15 is 0 Å². The summed E-state index contributed by atoms with van der Waals surface area (Å²) in [5.74, 6) is 2.37. The molecule has 2 aliphatic rings. The SMILES string of the molecule is COc1ccc(C2(c3ccc(OC)cc3)C=Cc3c4c(c5ccc(C)cc5c3O2)-c2ccc(C)cc2C4(C)OCCO)cc1. The number of aliphatic hydroxyl groups excluding tert-OH is 1. The molecular formula is C39H36O5. The van der Waals surface area contributed by atoms with E-state index in [1.54, 1.807) is 14.2 Å². The zero-order chi connectivity index (χ0) is 30.6. The molecule has 1 N–H and O–H groups in total. The van der Waals surface area contributed by atoms with Crippen molar-refractivity contribution in [2.45, 2.75) is 32.0 Å². The zero-order valence-electron chi connectivity index (χ0n) is 25.7. The van der Waals surface area contributed by atoms with Gasteiger partial charge in [0.1, 0.15) is 22.8 Å². The summed E-state index contributed by atoms with van der Waals surface area (Å²) in [6.45, 7) is 6.49. The minimum atomic E-state index is -0.916. The average Bonchev–Trinajstić information content (AvgIpc) is 3.31. The van der Waals surface area contributed by atoms with Gasteiger partial charge in [-0.05, 0) is 79.3 Å². The van der Waals surface area contributed by atoms with Crippen LogP contribution >= 0.6 is 0 Å². The topological polar surface area (TPSA) is 57.2 Å². The highest BCUT2D eigenvalue weighted by molar-refractivity contribution is 6.08. The Kier molecular flexibility index (Phi) is 6.76. The van der Waals surface area contributed by atoms with E-state index < -0.39 is 11.2 Å². The van der Waals surface area contributed by atoms with Gasteiger partial charge in [0, 0.05) is 27.6 Å². The molecule has 5 aromatic carbocycles. The largest absolute Gasteiger partial charge is 0.497 e.